The van der Waals surface area contributed by atoms with E-state index < -0.39 is 17.5 Å². The Hall–Kier alpha value is -2.24. The van der Waals surface area contributed by atoms with Gasteiger partial charge in [0.05, 0.1) is 12.5 Å². The van der Waals surface area contributed by atoms with Crippen molar-refractivity contribution >= 4 is 17.5 Å². The third-order valence-corrected chi connectivity index (χ3v) is 4.89. The van der Waals surface area contributed by atoms with Gasteiger partial charge in [-0.05, 0) is 50.8 Å². The fourth-order valence-corrected chi connectivity index (χ4v) is 3.81. The molecule has 0 radical (unpaired) electrons. The highest BCUT2D eigenvalue weighted by Gasteiger charge is 2.41. The quantitative estimate of drug-likeness (QED) is 0.900. The van der Waals surface area contributed by atoms with Crippen molar-refractivity contribution in [1.29, 1.82) is 0 Å². The Morgan fingerprint density at radius 3 is 2.72 bits per heavy atom. The summed E-state index contributed by atoms with van der Waals surface area (Å²) >= 11 is 0. The average Bonchev–Trinajstić information content (AvgIpc) is 2.83. The van der Waals surface area contributed by atoms with Crippen LogP contribution in [0.25, 0.3) is 0 Å². The maximum atomic E-state index is 13.3. The maximum Gasteiger partial charge on any atom is 0.251 e. The molecule has 0 saturated heterocycles. The normalized spacial score (nSPS) is 20.3. The molecule has 1 aliphatic carbocycles. The summed E-state index contributed by atoms with van der Waals surface area (Å²) in [5.41, 5.74) is 1.82. The SMILES string of the molecule is CC(C)N1C(=O)C(CC(=O)Nc2ccc(F)c(F)c2)=C2CCCCC21. The van der Waals surface area contributed by atoms with Crippen molar-refractivity contribution in [1.82, 2.24) is 4.90 Å². The zero-order valence-corrected chi connectivity index (χ0v) is 14.4. The molecule has 1 saturated carbocycles. The van der Waals surface area contributed by atoms with Gasteiger partial charge in [0, 0.05) is 23.4 Å². The molecule has 1 aromatic rings. The molecule has 1 fully saturated rings. The summed E-state index contributed by atoms with van der Waals surface area (Å²) in [7, 11) is 0. The largest absolute Gasteiger partial charge is 0.330 e. The number of benzene rings is 1. The molecule has 0 spiro atoms. The minimum atomic E-state index is -1.02. The second-order valence-electron chi connectivity index (χ2n) is 6.93. The van der Waals surface area contributed by atoms with Crippen molar-refractivity contribution in [3.05, 3.63) is 41.0 Å². The zero-order chi connectivity index (χ0) is 18.1. The summed E-state index contributed by atoms with van der Waals surface area (Å²) in [6.45, 7) is 3.96. The van der Waals surface area contributed by atoms with E-state index in [0.717, 1.165) is 43.4 Å². The molecule has 0 aromatic heterocycles. The van der Waals surface area contributed by atoms with E-state index in [-0.39, 0.29) is 30.1 Å². The van der Waals surface area contributed by atoms with Gasteiger partial charge in [0.1, 0.15) is 0 Å². The van der Waals surface area contributed by atoms with Crippen LogP contribution in [-0.2, 0) is 9.59 Å². The number of hydrogen-bond acceptors (Lipinski definition) is 2. The van der Waals surface area contributed by atoms with Gasteiger partial charge in [0.25, 0.3) is 5.91 Å². The van der Waals surface area contributed by atoms with E-state index in [4.69, 9.17) is 0 Å². The fraction of sp³-hybridized carbons (Fsp3) is 0.474. The number of fused-ring (bicyclic) bond motifs is 1. The van der Waals surface area contributed by atoms with E-state index in [1.807, 2.05) is 18.7 Å². The molecule has 1 N–H and O–H groups in total. The van der Waals surface area contributed by atoms with Crippen LogP contribution in [0.15, 0.2) is 29.3 Å². The van der Waals surface area contributed by atoms with E-state index >= 15 is 0 Å². The molecule has 134 valence electrons. The highest BCUT2D eigenvalue weighted by Crippen LogP contribution is 2.39. The van der Waals surface area contributed by atoms with Gasteiger partial charge in [-0.3, -0.25) is 9.59 Å². The molecule has 1 unspecified atom stereocenters. The van der Waals surface area contributed by atoms with Gasteiger partial charge < -0.3 is 10.2 Å². The van der Waals surface area contributed by atoms with Crippen LogP contribution in [0.1, 0.15) is 46.0 Å². The Labute approximate surface area is 145 Å². The van der Waals surface area contributed by atoms with E-state index in [1.165, 1.54) is 6.07 Å². The predicted octanol–water partition coefficient (Wildman–Crippen LogP) is 3.78. The number of nitrogens with zero attached hydrogens (tertiary/aromatic N) is 1. The van der Waals surface area contributed by atoms with Crippen molar-refractivity contribution < 1.29 is 18.4 Å². The highest BCUT2D eigenvalue weighted by atomic mass is 19.2. The van der Waals surface area contributed by atoms with Crippen molar-refractivity contribution in [2.45, 2.75) is 58.0 Å². The highest BCUT2D eigenvalue weighted by molar-refractivity contribution is 6.05. The fourth-order valence-electron chi connectivity index (χ4n) is 3.81. The number of halogens is 2. The van der Waals surface area contributed by atoms with Crippen molar-refractivity contribution in [2.24, 2.45) is 0 Å². The van der Waals surface area contributed by atoms with Gasteiger partial charge in [-0.25, -0.2) is 8.78 Å². The smallest absolute Gasteiger partial charge is 0.251 e. The van der Waals surface area contributed by atoms with Gasteiger partial charge in [0.2, 0.25) is 5.91 Å². The van der Waals surface area contributed by atoms with Crippen LogP contribution in [0, 0.1) is 11.6 Å². The Balaban J connectivity index is 1.77. The first-order valence-electron chi connectivity index (χ1n) is 8.68. The number of nitrogens with one attached hydrogen (secondary N) is 1. The van der Waals surface area contributed by atoms with Crippen LogP contribution >= 0.6 is 0 Å². The maximum absolute atomic E-state index is 13.3. The topological polar surface area (TPSA) is 49.4 Å². The molecule has 1 heterocycles. The summed E-state index contributed by atoms with van der Waals surface area (Å²) in [5, 5.41) is 2.55. The van der Waals surface area contributed by atoms with E-state index in [2.05, 4.69) is 5.32 Å². The molecule has 6 heteroatoms. The number of carbonyl (C=O) groups excluding carboxylic acids is 2. The molecule has 3 rings (SSSR count). The van der Waals surface area contributed by atoms with Crippen LogP contribution in [0.3, 0.4) is 0 Å². The molecule has 1 atom stereocenters. The summed E-state index contributed by atoms with van der Waals surface area (Å²) in [5.74, 6) is -2.45. The molecular weight excluding hydrogens is 326 g/mol. The lowest BCUT2D eigenvalue weighted by molar-refractivity contribution is -0.130. The first kappa shape index (κ1) is 17.6. The summed E-state index contributed by atoms with van der Waals surface area (Å²) in [4.78, 5) is 27.0. The lowest BCUT2D eigenvalue weighted by atomic mass is 9.88. The molecule has 2 amide bonds. The molecule has 1 aromatic carbocycles. The van der Waals surface area contributed by atoms with Crippen LogP contribution in [0.4, 0.5) is 14.5 Å². The van der Waals surface area contributed by atoms with Gasteiger partial charge >= 0.3 is 0 Å². The molecule has 2 aliphatic rings. The minimum absolute atomic E-state index is 0.0348. The van der Waals surface area contributed by atoms with Crippen molar-refractivity contribution in [3.63, 3.8) is 0 Å². The third-order valence-electron chi connectivity index (χ3n) is 4.89. The van der Waals surface area contributed by atoms with Crippen LogP contribution in [-0.4, -0.2) is 28.8 Å². The number of amides is 2. The first-order chi connectivity index (χ1) is 11.9. The molecule has 25 heavy (non-hydrogen) atoms. The first-order valence-corrected chi connectivity index (χ1v) is 8.68. The van der Waals surface area contributed by atoms with Crippen molar-refractivity contribution in [2.75, 3.05) is 5.32 Å². The Bertz CT molecular complexity index is 743. The monoisotopic (exact) mass is 348 g/mol. The Morgan fingerprint density at radius 2 is 2.04 bits per heavy atom. The average molecular weight is 348 g/mol. The molecule has 0 bridgehead atoms. The number of hydrogen-bond donors (Lipinski definition) is 1. The summed E-state index contributed by atoms with van der Waals surface area (Å²) < 4.78 is 26.2. The summed E-state index contributed by atoms with van der Waals surface area (Å²) in [6, 6.07) is 3.38. The van der Waals surface area contributed by atoms with E-state index in [0.29, 0.717) is 5.57 Å². The third kappa shape index (κ3) is 3.43. The van der Waals surface area contributed by atoms with Gasteiger partial charge in [-0.15, -0.1) is 0 Å². The number of rotatable bonds is 4. The molecular formula is C19H22F2N2O2. The number of anilines is 1. The second kappa shape index (κ2) is 6.94. The lowest BCUT2D eigenvalue weighted by Crippen LogP contribution is -2.41. The van der Waals surface area contributed by atoms with E-state index in [1.54, 1.807) is 0 Å². The van der Waals surface area contributed by atoms with Crippen molar-refractivity contribution in [3.8, 4) is 0 Å². The number of carbonyl (C=O) groups is 2. The predicted molar refractivity (Wildman–Crippen MR) is 90.9 cm³/mol. The molecule has 1 aliphatic heterocycles. The van der Waals surface area contributed by atoms with Crippen LogP contribution in [0.5, 0.6) is 0 Å². The van der Waals surface area contributed by atoms with Crippen LogP contribution < -0.4 is 5.32 Å². The van der Waals surface area contributed by atoms with Gasteiger partial charge in [0.15, 0.2) is 11.6 Å². The van der Waals surface area contributed by atoms with Gasteiger partial charge in [-0.1, -0.05) is 6.42 Å². The lowest BCUT2D eigenvalue weighted by Gasteiger charge is -2.33. The minimum Gasteiger partial charge on any atom is -0.330 e. The van der Waals surface area contributed by atoms with Gasteiger partial charge in [-0.2, -0.15) is 0 Å². The molecule has 4 nitrogen and oxygen atoms in total. The summed E-state index contributed by atoms with van der Waals surface area (Å²) in [6.07, 6.45) is 3.85. The Morgan fingerprint density at radius 1 is 1.28 bits per heavy atom. The Kier molecular flexibility index (Phi) is 4.88. The standard InChI is InChI=1S/C19H22F2N2O2/c1-11(2)23-17-6-4-3-5-13(17)14(19(23)25)10-18(24)22-12-7-8-15(20)16(21)9-12/h7-9,11,17H,3-6,10H2,1-2H3,(H,22,24). The second-order valence-corrected chi connectivity index (χ2v) is 6.93. The van der Waals surface area contributed by atoms with Crippen LogP contribution in [0.2, 0.25) is 0 Å². The zero-order valence-electron chi connectivity index (χ0n) is 14.4. The van der Waals surface area contributed by atoms with E-state index in [9.17, 15) is 18.4 Å².